The number of aromatic nitrogens is 1. The second kappa shape index (κ2) is 7.45. The van der Waals surface area contributed by atoms with E-state index in [0.717, 1.165) is 12.2 Å². The molecule has 0 aliphatic heterocycles. The van der Waals surface area contributed by atoms with Gasteiger partial charge in [-0.15, -0.1) is 0 Å². The first-order chi connectivity index (χ1) is 10.5. The highest BCUT2D eigenvalue weighted by Crippen LogP contribution is 2.14. The van der Waals surface area contributed by atoms with Crippen LogP contribution in [0, 0.1) is 0 Å². The molecule has 5 nitrogen and oxygen atoms in total. The Labute approximate surface area is 130 Å². The molecule has 0 unspecified atom stereocenters. The minimum absolute atomic E-state index is 0.0418. The molecular formula is C17H20N2O3. The summed E-state index contributed by atoms with van der Waals surface area (Å²) in [5, 5.41) is 12.0. The Morgan fingerprint density at radius 3 is 2.59 bits per heavy atom. The van der Waals surface area contributed by atoms with Crippen LogP contribution in [0.4, 0.5) is 5.82 Å². The number of anilines is 1. The van der Waals surface area contributed by atoms with Gasteiger partial charge in [-0.2, -0.15) is 0 Å². The minimum atomic E-state index is -1.02. The molecule has 0 radical (unpaired) electrons. The quantitative estimate of drug-likeness (QED) is 0.821. The van der Waals surface area contributed by atoms with Crippen LogP contribution in [-0.2, 0) is 6.42 Å². The molecule has 0 bridgehead atoms. The zero-order chi connectivity index (χ0) is 15.9. The summed E-state index contributed by atoms with van der Waals surface area (Å²) in [7, 11) is 0. The number of ether oxygens (including phenoxy) is 1. The average molecular weight is 300 g/mol. The molecule has 2 aromatic rings. The number of carboxylic acids is 1. The lowest BCUT2D eigenvalue weighted by Crippen LogP contribution is -2.09. The highest BCUT2D eigenvalue weighted by atomic mass is 16.5. The maximum absolute atomic E-state index is 10.9. The topological polar surface area (TPSA) is 71.5 Å². The molecule has 116 valence electrons. The third kappa shape index (κ3) is 4.77. The number of nitrogens with one attached hydrogen (secondary N) is 1. The van der Waals surface area contributed by atoms with Crippen LogP contribution in [0.3, 0.4) is 0 Å². The van der Waals surface area contributed by atoms with Crippen LogP contribution in [0.1, 0.15) is 29.9 Å². The van der Waals surface area contributed by atoms with Crippen LogP contribution in [0.15, 0.2) is 42.5 Å². The Kier molecular flexibility index (Phi) is 5.36. The molecule has 0 aliphatic carbocycles. The van der Waals surface area contributed by atoms with Crippen molar-refractivity contribution in [2.24, 2.45) is 0 Å². The summed E-state index contributed by atoms with van der Waals surface area (Å²) in [6.07, 6.45) is 0.987. The SMILES string of the molecule is CC(C)Oc1ccc(CCNc2cccc(C(=O)O)n2)cc1. The Hall–Kier alpha value is -2.56. The van der Waals surface area contributed by atoms with E-state index < -0.39 is 5.97 Å². The van der Waals surface area contributed by atoms with E-state index in [4.69, 9.17) is 9.84 Å². The number of carboxylic acid groups (broad SMARTS) is 1. The monoisotopic (exact) mass is 300 g/mol. The summed E-state index contributed by atoms with van der Waals surface area (Å²) in [6, 6.07) is 12.9. The highest BCUT2D eigenvalue weighted by Gasteiger charge is 2.04. The zero-order valence-corrected chi connectivity index (χ0v) is 12.7. The summed E-state index contributed by atoms with van der Waals surface area (Å²) in [4.78, 5) is 14.9. The minimum Gasteiger partial charge on any atom is -0.491 e. The molecule has 0 aliphatic rings. The van der Waals surface area contributed by atoms with E-state index in [1.54, 1.807) is 12.1 Å². The van der Waals surface area contributed by atoms with Gasteiger partial charge < -0.3 is 15.2 Å². The molecule has 0 amide bonds. The smallest absolute Gasteiger partial charge is 0.354 e. The number of carbonyl (C=O) groups is 1. The van der Waals surface area contributed by atoms with Gasteiger partial charge in [-0.1, -0.05) is 18.2 Å². The van der Waals surface area contributed by atoms with Gasteiger partial charge in [0.1, 0.15) is 11.6 Å². The van der Waals surface area contributed by atoms with E-state index in [9.17, 15) is 4.79 Å². The summed E-state index contributed by atoms with van der Waals surface area (Å²) in [6.45, 7) is 4.67. The lowest BCUT2D eigenvalue weighted by molar-refractivity contribution is 0.0690. The fraction of sp³-hybridized carbons (Fsp3) is 0.294. The van der Waals surface area contributed by atoms with Gasteiger partial charge in [-0.3, -0.25) is 0 Å². The van der Waals surface area contributed by atoms with Crippen molar-refractivity contribution in [3.8, 4) is 5.75 Å². The van der Waals surface area contributed by atoms with E-state index >= 15 is 0 Å². The molecule has 0 saturated heterocycles. The van der Waals surface area contributed by atoms with Crippen LogP contribution in [0.5, 0.6) is 5.75 Å². The molecule has 2 N–H and O–H groups in total. The van der Waals surface area contributed by atoms with Crippen molar-refractivity contribution < 1.29 is 14.6 Å². The number of benzene rings is 1. The zero-order valence-electron chi connectivity index (χ0n) is 12.7. The van der Waals surface area contributed by atoms with E-state index in [1.165, 1.54) is 11.6 Å². The Morgan fingerprint density at radius 1 is 1.23 bits per heavy atom. The molecule has 1 heterocycles. The van der Waals surface area contributed by atoms with Crippen molar-refractivity contribution in [1.29, 1.82) is 0 Å². The maximum Gasteiger partial charge on any atom is 0.354 e. The van der Waals surface area contributed by atoms with E-state index in [2.05, 4.69) is 10.3 Å². The summed E-state index contributed by atoms with van der Waals surface area (Å²) in [5.74, 6) is 0.409. The summed E-state index contributed by atoms with van der Waals surface area (Å²) in [5.41, 5.74) is 1.22. The number of aromatic carboxylic acids is 1. The maximum atomic E-state index is 10.9. The predicted octanol–water partition coefficient (Wildman–Crippen LogP) is 3.22. The van der Waals surface area contributed by atoms with E-state index in [0.29, 0.717) is 12.4 Å². The lowest BCUT2D eigenvalue weighted by Gasteiger charge is -2.10. The van der Waals surface area contributed by atoms with Crippen LogP contribution in [-0.4, -0.2) is 28.7 Å². The van der Waals surface area contributed by atoms with Gasteiger partial charge in [0.2, 0.25) is 0 Å². The van der Waals surface area contributed by atoms with Crippen LogP contribution < -0.4 is 10.1 Å². The molecule has 5 heteroatoms. The fourth-order valence-corrected chi connectivity index (χ4v) is 1.99. The third-order valence-electron chi connectivity index (χ3n) is 2.98. The fourth-order valence-electron chi connectivity index (χ4n) is 1.99. The lowest BCUT2D eigenvalue weighted by atomic mass is 10.1. The van der Waals surface area contributed by atoms with Gasteiger partial charge in [-0.25, -0.2) is 9.78 Å². The van der Waals surface area contributed by atoms with Crippen molar-refractivity contribution >= 4 is 11.8 Å². The molecule has 2 rings (SSSR count). The standard InChI is InChI=1S/C17H20N2O3/c1-12(2)22-14-8-6-13(7-9-14)10-11-18-16-5-3-4-15(19-16)17(20)21/h3-9,12H,10-11H2,1-2H3,(H,18,19)(H,20,21). The number of nitrogens with zero attached hydrogens (tertiary/aromatic N) is 1. The van der Waals surface area contributed by atoms with Crippen molar-refractivity contribution in [3.63, 3.8) is 0 Å². The van der Waals surface area contributed by atoms with Gasteiger partial charge in [0.25, 0.3) is 0 Å². The second-order valence-corrected chi connectivity index (χ2v) is 5.20. The normalized spacial score (nSPS) is 10.5. The number of rotatable bonds is 7. The molecule has 22 heavy (non-hydrogen) atoms. The largest absolute Gasteiger partial charge is 0.491 e. The molecule has 1 aromatic carbocycles. The van der Waals surface area contributed by atoms with Crippen molar-refractivity contribution in [2.45, 2.75) is 26.4 Å². The number of hydrogen-bond acceptors (Lipinski definition) is 4. The molecule has 0 saturated carbocycles. The first kappa shape index (κ1) is 15.8. The van der Waals surface area contributed by atoms with Gasteiger partial charge in [0, 0.05) is 6.54 Å². The molecule has 1 aromatic heterocycles. The van der Waals surface area contributed by atoms with E-state index in [-0.39, 0.29) is 11.8 Å². The average Bonchev–Trinajstić information content (AvgIpc) is 2.49. The molecule has 0 atom stereocenters. The summed E-state index contributed by atoms with van der Waals surface area (Å²) < 4.78 is 5.60. The van der Waals surface area contributed by atoms with Crippen molar-refractivity contribution in [1.82, 2.24) is 4.98 Å². The third-order valence-corrected chi connectivity index (χ3v) is 2.98. The first-order valence-electron chi connectivity index (χ1n) is 7.24. The van der Waals surface area contributed by atoms with Crippen LogP contribution in [0.2, 0.25) is 0 Å². The summed E-state index contributed by atoms with van der Waals surface area (Å²) >= 11 is 0. The van der Waals surface area contributed by atoms with Crippen molar-refractivity contribution in [2.75, 3.05) is 11.9 Å². The van der Waals surface area contributed by atoms with Gasteiger partial charge in [0.15, 0.2) is 5.69 Å². The molecule has 0 spiro atoms. The first-order valence-corrected chi connectivity index (χ1v) is 7.24. The van der Waals surface area contributed by atoms with Gasteiger partial charge >= 0.3 is 5.97 Å². The molecular weight excluding hydrogens is 280 g/mol. The Bertz CT molecular complexity index is 624. The number of hydrogen-bond donors (Lipinski definition) is 2. The highest BCUT2D eigenvalue weighted by molar-refractivity contribution is 5.85. The van der Waals surface area contributed by atoms with Crippen LogP contribution in [0.25, 0.3) is 0 Å². The molecule has 0 fully saturated rings. The Balaban J connectivity index is 1.85. The van der Waals surface area contributed by atoms with Gasteiger partial charge in [-0.05, 0) is 50.1 Å². The Morgan fingerprint density at radius 2 is 1.95 bits per heavy atom. The van der Waals surface area contributed by atoms with Crippen molar-refractivity contribution in [3.05, 3.63) is 53.7 Å². The second-order valence-electron chi connectivity index (χ2n) is 5.20. The van der Waals surface area contributed by atoms with Crippen LogP contribution >= 0.6 is 0 Å². The van der Waals surface area contributed by atoms with E-state index in [1.807, 2.05) is 38.1 Å². The number of pyridine rings is 1. The van der Waals surface area contributed by atoms with Gasteiger partial charge in [0.05, 0.1) is 6.10 Å². The predicted molar refractivity (Wildman–Crippen MR) is 85.6 cm³/mol.